The first-order valence-electron chi connectivity index (χ1n) is 4.32. The molecule has 0 aliphatic rings. The minimum absolute atomic E-state index is 1.32. The molecule has 0 atom stereocenters. The topological polar surface area (TPSA) is 0 Å². The molecule has 0 radical (unpaired) electrons. The summed E-state index contributed by atoms with van der Waals surface area (Å²) in [6.07, 6.45) is 2.25. The summed E-state index contributed by atoms with van der Waals surface area (Å²) in [5, 5.41) is 0. The quantitative estimate of drug-likeness (QED) is 0.669. The summed E-state index contributed by atoms with van der Waals surface area (Å²) < 4.78 is 0. The third kappa shape index (κ3) is 3.77. The molecule has 0 aliphatic carbocycles. The minimum atomic E-state index is -1.47. The first-order valence-corrected chi connectivity index (χ1v) is 11.8. The van der Waals surface area contributed by atoms with E-state index in [0.717, 1.165) is 0 Å². The Morgan fingerprint density at radius 1 is 1.00 bits per heavy atom. The van der Waals surface area contributed by atoms with E-state index in [4.69, 9.17) is 0 Å². The zero-order valence-electron chi connectivity index (χ0n) is 8.04. The van der Waals surface area contributed by atoms with E-state index in [0.29, 0.717) is 0 Å². The van der Waals surface area contributed by atoms with Crippen LogP contribution in [-0.4, -0.2) is 13.3 Å². The Kier molecular flexibility index (Phi) is 3.15. The Bertz CT molecular complexity index is 254. The van der Waals surface area contributed by atoms with Gasteiger partial charge in [-0.25, -0.2) is 0 Å². The monoisotopic (exact) mass is 222 g/mol. The number of benzene rings is 1. The van der Waals surface area contributed by atoms with Crippen molar-refractivity contribution in [3.63, 3.8) is 0 Å². The predicted octanol–water partition coefficient (Wildman–Crippen LogP) is 3.58. The second kappa shape index (κ2) is 3.95. The van der Waals surface area contributed by atoms with Gasteiger partial charge in [-0.2, -0.15) is 0 Å². The summed E-state index contributed by atoms with van der Waals surface area (Å²) in [7, 11) is 0. The van der Waals surface area contributed by atoms with Crippen LogP contribution in [0.2, 0.25) is 17.3 Å². The Labute approximate surface area is 77.7 Å². The van der Waals surface area contributed by atoms with Crippen molar-refractivity contribution < 1.29 is 0 Å². The van der Waals surface area contributed by atoms with E-state index in [2.05, 4.69) is 58.6 Å². The van der Waals surface area contributed by atoms with Crippen LogP contribution in [0.25, 0.3) is 6.08 Å². The Morgan fingerprint density at radius 3 is 2.08 bits per heavy atom. The van der Waals surface area contributed by atoms with Gasteiger partial charge in [0, 0.05) is 0 Å². The first-order chi connectivity index (χ1) is 5.58. The summed E-state index contributed by atoms with van der Waals surface area (Å²) in [6, 6.07) is 10.5. The molecule has 0 spiro atoms. The van der Waals surface area contributed by atoms with Crippen LogP contribution in [-0.2, 0) is 0 Å². The summed E-state index contributed by atoms with van der Waals surface area (Å²) >= 11 is -1.47. The molecular weight excluding hydrogens is 205 g/mol. The normalized spacial score (nSPS) is 12.2. The van der Waals surface area contributed by atoms with E-state index in [9.17, 15) is 0 Å². The average molecular weight is 221 g/mol. The van der Waals surface area contributed by atoms with E-state index in [1.54, 1.807) is 0 Å². The van der Waals surface area contributed by atoms with Gasteiger partial charge in [-0.05, 0) is 0 Å². The molecule has 0 N–H and O–H groups in total. The van der Waals surface area contributed by atoms with Gasteiger partial charge >= 0.3 is 77.4 Å². The van der Waals surface area contributed by atoms with Crippen LogP contribution in [0, 0.1) is 0 Å². The van der Waals surface area contributed by atoms with Crippen LogP contribution >= 0.6 is 0 Å². The van der Waals surface area contributed by atoms with Crippen LogP contribution in [0.4, 0.5) is 0 Å². The standard InChI is InChI=1S/C11H16Ge/c1-12(2,3)10-9-11-7-5-4-6-8-11/h4-10H,1-3H3/b10-9-. The van der Waals surface area contributed by atoms with Gasteiger partial charge in [0.2, 0.25) is 0 Å². The second-order valence-electron chi connectivity index (χ2n) is 4.11. The molecular formula is C11H16Ge. The second-order valence-corrected chi connectivity index (χ2v) is 14.7. The van der Waals surface area contributed by atoms with Crippen LogP contribution in [0.5, 0.6) is 0 Å². The van der Waals surface area contributed by atoms with Gasteiger partial charge in [0.25, 0.3) is 0 Å². The van der Waals surface area contributed by atoms with Crippen LogP contribution in [0.1, 0.15) is 5.56 Å². The summed E-state index contributed by atoms with van der Waals surface area (Å²) in [5.41, 5.74) is 1.32. The average Bonchev–Trinajstić information content (AvgIpc) is 2.02. The summed E-state index contributed by atoms with van der Waals surface area (Å²) in [5.74, 6) is 7.16. The molecule has 0 aromatic heterocycles. The molecule has 1 aromatic carbocycles. The molecule has 0 unspecified atom stereocenters. The van der Waals surface area contributed by atoms with Crippen LogP contribution < -0.4 is 0 Å². The molecule has 0 aliphatic heterocycles. The van der Waals surface area contributed by atoms with Crippen molar-refractivity contribution in [2.75, 3.05) is 0 Å². The van der Waals surface area contributed by atoms with Crippen LogP contribution in [0.15, 0.2) is 35.2 Å². The van der Waals surface area contributed by atoms with E-state index >= 15 is 0 Å². The molecule has 1 rings (SSSR count). The van der Waals surface area contributed by atoms with Crippen LogP contribution in [0.3, 0.4) is 0 Å². The Hall–Kier alpha value is -0.497. The summed E-state index contributed by atoms with van der Waals surface area (Å²) in [6.45, 7) is 0. The molecule has 0 saturated heterocycles. The van der Waals surface area contributed by atoms with Crippen molar-refractivity contribution in [1.29, 1.82) is 0 Å². The Balaban J connectivity index is 2.71. The van der Waals surface area contributed by atoms with Crippen molar-refractivity contribution in [2.45, 2.75) is 17.3 Å². The molecule has 0 nitrogen and oxygen atoms in total. The third-order valence-electron chi connectivity index (χ3n) is 1.58. The van der Waals surface area contributed by atoms with Gasteiger partial charge in [-0.15, -0.1) is 0 Å². The fourth-order valence-electron chi connectivity index (χ4n) is 0.910. The maximum absolute atomic E-state index is 2.41. The summed E-state index contributed by atoms with van der Waals surface area (Å²) in [4.78, 5) is 2.41. The van der Waals surface area contributed by atoms with Crippen molar-refractivity contribution >= 4 is 19.3 Å². The molecule has 0 bridgehead atoms. The van der Waals surface area contributed by atoms with E-state index in [1.165, 1.54) is 5.56 Å². The van der Waals surface area contributed by atoms with Gasteiger partial charge in [0.1, 0.15) is 0 Å². The van der Waals surface area contributed by atoms with Crippen molar-refractivity contribution in [3.8, 4) is 0 Å². The first kappa shape index (κ1) is 9.59. The van der Waals surface area contributed by atoms with E-state index in [-0.39, 0.29) is 0 Å². The zero-order valence-corrected chi connectivity index (χ0v) is 10.1. The van der Waals surface area contributed by atoms with Crippen molar-refractivity contribution in [1.82, 2.24) is 0 Å². The molecule has 0 amide bonds. The van der Waals surface area contributed by atoms with Gasteiger partial charge < -0.3 is 0 Å². The zero-order chi connectivity index (χ0) is 9.03. The molecule has 0 fully saturated rings. The molecule has 64 valence electrons. The molecule has 1 aromatic rings. The number of hydrogen-bond donors (Lipinski definition) is 0. The van der Waals surface area contributed by atoms with Gasteiger partial charge in [-0.3, -0.25) is 0 Å². The molecule has 0 heterocycles. The molecule has 1 heteroatoms. The fraction of sp³-hybridized carbons (Fsp3) is 0.273. The fourth-order valence-corrected chi connectivity index (χ4v) is 2.36. The number of hydrogen-bond acceptors (Lipinski definition) is 0. The predicted molar refractivity (Wildman–Crippen MR) is 58.8 cm³/mol. The van der Waals surface area contributed by atoms with Gasteiger partial charge in [0.05, 0.1) is 0 Å². The Morgan fingerprint density at radius 2 is 1.58 bits per heavy atom. The van der Waals surface area contributed by atoms with Crippen molar-refractivity contribution in [3.05, 3.63) is 40.8 Å². The van der Waals surface area contributed by atoms with E-state index < -0.39 is 13.3 Å². The third-order valence-corrected chi connectivity index (χ3v) is 4.02. The molecule has 12 heavy (non-hydrogen) atoms. The SMILES string of the molecule is [CH3][Ge]([CH3])([CH3])/[CH]=C\c1ccccc1. The number of rotatable bonds is 2. The van der Waals surface area contributed by atoms with Crippen molar-refractivity contribution in [2.24, 2.45) is 0 Å². The van der Waals surface area contributed by atoms with Gasteiger partial charge in [-0.1, -0.05) is 0 Å². The van der Waals surface area contributed by atoms with E-state index in [1.807, 2.05) is 0 Å². The maximum atomic E-state index is 2.41. The molecule has 0 saturated carbocycles. The van der Waals surface area contributed by atoms with Gasteiger partial charge in [0.15, 0.2) is 0 Å².